The largest absolute Gasteiger partial charge is 0.418 e. The second kappa shape index (κ2) is 9.42. The third-order valence-corrected chi connectivity index (χ3v) is 5.48. The summed E-state index contributed by atoms with van der Waals surface area (Å²) in [5.74, 6) is 0.0199. The zero-order valence-electron chi connectivity index (χ0n) is 17.3. The van der Waals surface area contributed by atoms with Crippen LogP contribution in [-0.4, -0.2) is 40.5 Å². The number of hydrogen-bond acceptors (Lipinski definition) is 5. The molecule has 0 saturated heterocycles. The molecule has 0 bridgehead atoms. The molecule has 1 N–H and O–H groups in total. The summed E-state index contributed by atoms with van der Waals surface area (Å²) in [5.41, 5.74) is 0.792. The van der Waals surface area contributed by atoms with Gasteiger partial charge in [0.1, 0.15) is 0 Å². The lowest BCUT2D eigenvalue weighted by molar-refractivity contribution is -0.137. The van der Waals surface area contributed by atoms with Gasteiger partial charge >= 0.3 is 6.18 Å². The molecule has 3 aromatic rings. The fourth-order valence-corrected chi connectivity index (χ4v) is 3.76. The van der Waals surface area contributed by atoms with E-state index in [2.05, 4.69) is 15.5 Å². The number of benzene rings is 2. The van der Waals surface area contributed by atoms with Crippen molar-refractivity contribution >= 4 is 29.0 Å². The van der Waals surface area contributed by atoms with Gasteiger partial charge in [0.25, 0.3) is 0 Å². The van der Waals surface area contributed by atoms with Crippen LogP contribution in [0.4, 0.5) is 24.5 Å². The molecular formula is C21H22F3N5OS. The number of alkyl halides is 3. The lowest BCUT2D eigenvalue weighted by atomic mass is 10.1. The van der Waals surface area contributed by atoms with Crippen molar-refractivity contribution in [1.29, 1.82) is 0 Å². The molecule has 6 nitrogen and oxygen atoms in total. The summed E-state index contributed by atoms with van der Waals surface area (Å²) in [5, 5.41) is 11.3. The normalized spacial score (nSPS) is 11.4. The molecule has 0 spiro atoms. The number of para-hydroxylation sites is 1. The lowest BCUT2D eigenvalue weighted by Crippen LogP contribution is -2.18. The monoisotopic (exact) mass is 449 g/mol. The maximum atomic E-state index is 13.1. The van der Waals surface area contributed by atoms with Gasteiger partial charge in [0.15, 0.2) is 11.0 Å². The Hall–Kier alpha value is -3.01. The van der Waals surface area contributed by atoms with Gasteiger partial charge in [-0.3, -0.25) is 4.79 Å². The second-order valence-electron chi connectivity index (χ2n) is 6.87. The first kappa shape index (κ1) is 22.7. The van der Waals surface area contributed by atoms with Crippen LogP contribution in [0.25, 0.3) is 11.4 Å². The molecule has 164 valence electrons. The number of carbonyl (C=O) groups excluding carboxylic acids is 1. The van der Waals surface area contributed by atoms with E-state index in [0.29, 0.717) is 17.5 Å². The fraction of sp³-hybridized carbons (Fsp3) is 0.286. The molecule has 0 aliphatic carbocycles. The Bertz CT molecular complexity index is 1050. The quantitative estimate of drug-likeness (QED) is 0.526. The van der Waals surface area contributed by atoms with Crippen molar-refractivity contribution < 1.29 is 18.0 Å². The number of anilines is 2. The Morgan fingerprint density at radius 1 is 1.10 bits per heavy atom. The average molecular weight is 450 g/mol. The first-order valence-electron chi connectivity index (χ1n) is 9.50. The van der Waals surface area contributed by atoms with E-state index in [1.165, 1.54) is 18.2 Å². The molecule has 1 amide bonds. The zero-order valence-corrected chi connectivity index (χ0v) is 18.1. The predicted octanol–water partition coefficient (Wildman–Crippen LogP) is 4.78. The van der Waals surface area contributed by atoms with E-state index in [0.717, 1.165) is 29.1 Å². The van der Waals surface area contributed by atoms with Crippen LogP contribution < -0.4 is 10.2 Å². The van der Waals surface area contributed by atoms with E-state index in [9.17, 15) is 18.0 Å². The number of nitrogens with one attached hydrogen (secondary N) is 1. The highest BCUT2D eigenvalue weighted by Crippen LogP contribution is 2.34. The van der Waals surface area contributed by atoms with Crippen molar-refractivity contribution in [2.75, 3.05) is 30.1 Å². The smallest absolute Gasteiger partial charge is 0.378 e. The lowest BCUT2D eigenvalue weighted by Gasteiger charge is -2.13. The summed E-state index contributed by atoms with van der Waals surface area (Å²) in [6.07, 6.45) is -4.55. The maximum absolute atomic E-state index is 13.1. The average Bonchev–Trinajstić information content (AvgIpc) is 3.15. The third kappa shape index (κ3) is 5.38. The SMILES string of the molecule is CCn1c(SCC(=O)Nc2ccccc2C(F)(F)F)nnc1-c1ccc(N(C)C)cc1. The Balaban J connectivity index is 1.71. The highest BCUT2D eigenvalue weighted by Gasteiger charge is 2.33. The van der Waals surface area contributed by atoms with Crippen molar-refractivity contribution in [2.45, 2.75) is 24.8 Å². The van der Waals surface area contributed by atoms with Crippen LogP contribution in [-0.2, 0) is 17.5 Å². The minimum Gasteiger partial charge on any atom is -0.378 e. The topological polar surface area (TPSA) is 63.1 Å². The van der Waals surface area contributed by atoms with Gasteiger partial charge in [-0.05, 0) is 43.3 Å². The van der Waals surface area contributed by atoms with Crippen LogP contribution >= 0.6 is 11.8 Å². The van der Waals surface area contributed by atoms with Gasteiger partial charge in [-0.1, -0.05) is 23.9 Å². The molecule has 2 aromatic carbocycles. The summed E-state index contributed by atoms with van der Waals surface area (Å²) < 4.78 is 41.2. The summed E-state index contributed by atoms with van der Waals surface area (Å²) in [7, 11) is 3.91. The van der Waals surface area contributed by atoms with Crippen molar-refractivity contribution in [3.8, 4) is 11.4 Å². The predicted molar refractivity (Wildman–Crippen MR) is 116 cm³/mol. The number of nitrogens with zero attached hydrogens (tertiary/aromatic N) is 4. The van der Waals surface area contributed by atoms with Crippen LogP contribution in [0, 0.1) is 0 Å². The van der Waals surface area contributed by atoms with Gasteiger partial charge in [0.2, 0.25) is 5.91 Å². The van der Waals surface area contributed by atoms with Crippen LogP contribution in [0.1, 0.15) is 12.5 Å². The standard InChI is InChI=1S/C21H22F3N5OS/c1-4-29-19(14-9-11-15(12-10-14)28(2)3)26-27-20(29)31-13-18(30)25-17-8-6-5-7-16(17)21(22,23)24/h5-12H,4,13H2,1-3H3,(H,25,30). The first-order chi connectivity index (χ1) is 14.7. The number of rotatable bonds is 7. The molecule has 1 aromatic heterocycles. The first-order valence-corrected chi connectivity index (χ1v) is 10.5. The summed E-state index contributed by atoms with van der Waals surface area (Å²) in [6.45, 7) is 2.52. The number of carbonyl (C=O) groups is 1. The van der Waals surface area contributed by atoms with Crippen molar-refractivity contribution in [3.63, 3.8) is 0 Å². The Kier molecular flexibility index (Phi) is 6.89. The maximum Gasteiger partial charge on any atom is 0.418 e. The van der Waals surface area contributed by atoms with E-state index in [-0.39, 0.29) is 11.4 Å². The van der Waals surface area contributed by atoms with Crippen LogP contribution in [0.2, 0.25) is 0 Å². The Morgan fingerprint density at radius 2 is 1.77 bits per heavy atom. The summed E-state index contributed by atoms with van der Waals surface area (Å²) in [4.78, 5) is 14.3. The van der Waals surface area contributed by atoms with Crippen LogP contribution in [0.5, 0.6) is 0 Å². The van der Waals surface area contributed by atoms with E-state index < -0.39 is 17.6 Å². The third-order valence-electron chi connectivity index (χ3n) is 4.51. The molecule has 0 saturated carbocycles. The molecule has 0 radical (unpaired) electrons. The molecule has 0 aliphatic heterocycles. The van der Waals surface area contributed by atoms with Crippen LogP contribution in [0.3, 0.4) is 0 Å². The Morgan fingerprint density at radius 3 is 2.39 bits per heavy atom. The zero-order chi connectivity index (χ0) is 22.6. The minimum absolute atomic E-state index is 0.0934. The number of halogens is 3. The Labute approximate surface area is 182 Å². The summed E-state index contributed by atoms with van der Waals surface area (Å²) in [6, 6.07) is 12.7. The molecular weight excluding hydrogens is 427 g/mol. The summed E-state index contributed by atoms with van der Waals surface area (Å²) >= 11 is 1.12. The number of amides is 1. The highest BCUT2D eigenvalue weighted by molar-refractivity contribution is 7.99. The number of hydrogen-bond donors (Lipinski definition) is 1. The van der Waals surface area contributed by atoms with Gasteiger partial charge in [0, 0.05) is 31.9 Å². The molecule has 1 heterocycles. The molecule has 0 unspecified atom stereocenters. The number of thioether (sulfide) groups is 1. The van der Waals surface area contributed by atoms with Crippen molar-refractivity contribution in [1.82, 2.24) is 14.8 Å². The highest BCUT2D eigenvalue weighted by atomic mass is 32.2. The number of aromatic nitrogens is 3. The molecule has 0 aliphatic rings. The molecule has 3 rings (SSSR count). The fourth-order valence-electron chi connectivity index (χ4n) is 2.96. The minimum atomic E-state index is -4.55. The van der Waals surface area contributed by atoms with Gasteiger partial charge in [-0.15, -0.1) is 10.2 Å². The van der Waals surface area contributed by atoms with E-state index in [4.69, 9.17) is 0 Å². The van der Waals surface area contributed by atoms with E-state index >= 15 is 0 Å². The molecule has 0 fully saturated rings. The molecule has 0 atom stereocenters. The van der Waals surface area contributed by atoms with E-state index in [1.807, 2.05) is 54.8 Å². The molecule has 10 heteroatoms. The van der Waals surface area contributed by atoms with Gasteiger partial charge in [-0.2, -0.15) is 13.2 Å². The van der Waals surface area contributed by atoms with Gasteiger partial charge < -0.3 is 14.8 Å². The van der Waals surface area contributed by atoms with Crippen molar-refractivity contribution in [3.05, 3.63) is 54.1 Å². The van der Waals surface area contributed by atoms with Crippen LogP contribution in [0.15, 0.2) is 53.7 Å². The van der Waals surface area contributed by atoms with Gasteiger partial charge in [0.05, 0.1) is 17.0 Å². The second-order valence-corrected chi connectivity index (χ2v) is 7.81. The van der Waals surface area contributed by atoms with Gasteiger partial charge in [-0.25, -0.2) is 0 Å². The van der Waals surface area contributed by atoms with Crippen molar-refractivity contribution in [2.24, 2.45) is 0 Å². The molecule has 31 heavy (non-hydrogen) atoms. The van der Waals surface area contributed by atoms with E-state index in [1.54, 1.807) is 0 Å².